The number of hydrogen-bond donors (Lipinski definition) is 1. The minimum absolute atomic E-state index is 0.230. The van der Waals surface area contributed by atoms with Crippen LogP contribution in [0, 0.1) is 5.92 Å². The monoisotopic (exact) mass is 168 g/mol. The topological polar surface area (TPSA) is 46.3 Å². The Morgan fingerprint density at radius 2 is 2.17 bits per heavy atom. The van der Waals surface area contributed by atoms with Crippen molar-refractivity contribution in [2.24, 2.45) is 11.7 Å². The van der Waals surface area contributed by atoms with Gasteiger partial charge in [0.25, 0.3) is 0 Å². The molecule has 0 aromatic heterocycles. The van der Waals surface area contributed by atoms with Gasteiger partial charge in [0.1, 0.15) is 0 Å². The third-order valence-electron chi connectivity index (χ3n) is 2.74. The Morgan fingerprint density at radius 3 is 2.67 bits per heavy atom. The molecule has 1 amide bonds. The summed E-state index contributed by atoms with van der Waals surface area (Å²) in [7, 11) is 0. The van der Waals surface area contributed by atoms with Crippen LogP contribution in [-0.4, -0.2) is 29.9 Å². The van der Waals surface area contributed by atoms with Crippen LogP contribution in [0.15, 0.2) is 0 Å². The summed E-state index contributed by atoms with van der Waals surface area (Å²) in [5.74, 6) is 1.03. The molecule has 1 aliphatic carbocycles. The smallest absolute Gasteiger partial charge is 0.222 e. The summed E-state index contributed by atoms with van der Waals surface area (Å²) < 4.78 is 0. The summed E-state index contributed by atoms with van der Waals surface area (Å²) in [4.78, 5) is 13.4. The van der Waals surface area contributed by atoms with Crippen molar-refractivity contribution in [1.82, 2.24) is 4.90 Å². The van der Waals surface area contributed by atoms with Crippen LogP contribution in [-0.2, 0) is 4.79 Å². The van der Waals surface area contributed by atoms with Gasteiger partial charge in [-0.2, -0.15) is 0 Å². The van der Waals surface area contributed by atoms with E-state index >= 15 is 0 Å². The minimum atomic E-state index is 0.230. The van der Waals surface area contributed by atoms with E-state index in [1.54, 1.807) is 0 Å². The molecular formula is C9H16N2O. The third-order valence-corrected chi connectivity index (χ3v) is 2.74. The van der Waals surface area contributed by atoms with Gasteiger partial charge in [-0.1, -0.05) is 0 Å². The van der Waals surface area contributed by atoms with Crippen molar-refractivity contribution in [2.45, 2.75) is 31.7 Å². The van der Waals surface area contributed by atoms with E-state index in [1.165, 1.54) is 12.8 Å². The molecule has 0 radical (unpaired) electrons. The van der Waals surface area contributed by atoms with E-state index in [4.69, 9.17) is 5.73 Å². The lowest BCUT2D eigenvalue weighted by atomic mass is 10.2. The lowest BCUT2D eigenvalue weighted by Crippen LogP contribution is -2.31. The maximum atomic E-state index is 11.5. The zero-order chi connectivity index (χ0) is 8.55. The second-order valence-electron chi connectivity index (χ2n) is 4.04. The van der Waals surface area contributed by atoms with Crippen molar-refractivity contribution >= 4 is 5.91 Å². The molecule has 68 valence electrons. The molecule has 2 N–H and O–H groups in total. The highest BCUT2D eigenvalue weighted by molar-refractivity contribution is 5.77. The number of carbonyl (C=O) groups excluding carboxylic acids is 1. The van der Waals surface area contributed by atoms with Crippen LogP contribution in [0.3, 0.4) is 0 Å². The number of amides is 1. The summed E-state index contributed by atoms with van der Waals surface area (Å²) in [6.45, 7) is 1.66. The highest BCUT2D eigenvalue weighted by Crippen LogP contribution is 2.33. The number of hydrogen-bond acceptors (Lipinski definition) is 2. The Balaban J connectivity index is 1.79. The molecule has 1 saturated heterocycles. The number of likely N-dealkylation sites (tertiary alicyclic amines) is 1. The summed E-state index contributed by atoms with van der Waals surface area (Å²) in [5.41, 5.74) is 5.72. The molecule has 1 atom stereocenters. The van der Waals surface area contributed by atoms with Crippen molar-refractivity contribution in [3.8, 4) is 0 Å². The molecule has 1 unspecified atom stereocenters. The van der Waals surface area contributed by atoms with Crippen LogP contribution < -0.4 is 5.73 Å². The van der Waals surface area contributed by atoms with E-state index < -0.39 is 0 Å². The Kier molecular flexibility index (Phi) is 2.05. The minimum Gasteiger partial charge on any atom is -0.341 e. The number of carbonyl (C=O) groups is 1. The van der Waals surface area contributed by atoms with Gasteiger partial charge in [0.15, 0.2) is 0 Å². The summed E-state index contributed by atoms with van der Waals surface area (Å²) in [5, 5.41) is 0. The van der Waals surface area contributed by atoms with Gasteiger partial charge in [0, 0.05) is 25.6 Å². The number of rotatable bonds is 2. The molecular weight excluding hydrogens is 152 g/mol. The Labute approximate surface area is 72.9 Å². The van der Waals surface area contributed by atoms with Crippen molar-refractivity contribution in [1.29, 1.82) is 0 Å². The summed E-state index contributed by atoms with van der Waals surface area (Å²) in [6.07, 6.45) is 4.26. The fourth-order valence-electron chi connectivity index (χ4n) is 1.71. The Hall–Kier alpha value is -0.570. The quantitative estimate of drug-likeness (QED) is 0.646. The summed E-state index contributed by atoms with van der Waals surface area (Å²) in [6, 6.07) is 0.230. The number of nitrogens with zero attached hydrogens (tertiary/aromatic N) is 1. The second kappa shape index (κ2) is 3.05. The van der Waals surface area contributed by atoms with Crippen molar-refractivity contribution in [2.75, 3.05) is 13.1 Å². The van der Waals surface area contributed by atoms with Gasteiger partial charge in [0.05, 0.1) is 0 Å². The van der Waals surface area contributed by atoms with Gasteiger partial charge in [-0.25, -0.2) is 0 Å². The molecule has 1 saturated carbocycles. The van der Waals surface area contributed by atoms with E-state index in [-0.39, 0.29) is 6.04 Å². The highest BCUT2D eigenvalue weighted by atomic mass is 16.2. The highest BCUT2D eigenvalue weighted by Gasteiger charge is 2.29. The first kappa shape index (κ1) is 8.05. The van der Waals surface area contributed by atoms with E-state index in [0.29, 0.717) is 11.8 Å². The van der Waals surface area contributed by atoms with Gasteiger partial charge in [-0.3, -0.25) is 4.79 Å². The van der Waals surface area contributed by atoms with Crippen LogP contribution in [0.1, 0.15) is 25.7 Å². The lowest BCUT2D eigenvalue weighted by Gasteiger charge is -2.14. The van der Waals surface area contributed by atoms with E-state index in [1.807, 2.05) is 4.90 Å². The maximum Gasteiger partial charge on any atom is 0.222 e. The van der Waals surface area contributed by atoms with Crippen molar-refractivity contribution in [3.05, 3.63) is 0 Å². The molecule has 3 nitrogen and oxygen atoms in total. The van der Waals surface area contributed by atoms with Gasteiger partial charge >= 0.3 is 0 Å². The van der Waals surface area contributed by atoms with Crippen LogP contribution in [0.4, 0.5) is 0 Å². The van der Waals surface area contributed by atoms with Crippen LogP contribution in [0.25, 0.3) is 0 Å². The largest absolute Gasteiger partial charge is 0.341 e. The molecule has 2 rings (SSSR count). The molecule has 2 aliphatic rings. The standard InChI is InChI=1S/C9H16N2O/c10-8-3-4-11(6-8)9(12)5-7-1-2-7/h7-8H,1-6,10H2. The first-order valence-corrected chi connectivity index (χ1v) is 4.79. The van der Waals surface area contributed by atoms with Gasteiger partial charge in [0.2, 0.25) is 5.91 Å². The van der Waals surface area contributed by atoms with Crippen LogP contribution in [0.5, 0.6) is 0 Å². The molecule has 12 heavy (non-hydrogen) atoms. The maximum absolute atomic E-state index is 11.5. The normalized spacial score (nSPS) is 29.4. The van der Waals surface area contributed by atoms with E-state index in [0.717, 1.165) is 25.9 Å². The molecule has 1 heterocycles. The fourth-order valence-corrected chi connectivity index (χ4v) is 1.71. The first-order valence-electron chi connectivity index (χ1n) is 4.79. The van der Waals surface area contributed by atoms with Crippen LogP contribution >= 0.6 is 0 Å². The molecule has 3 heteroatoms. The fraction of sp³-hybridized carbons (Fsp3) is 0.889. The first-order chi connectivity index (χ1) is 5.75. The van der Waals surface area contributed by atoms with E-state index in [9.17, 15) is 4.79 Å². The summed E-state index contributed by atoms with van der Waals surface area (Å²) >= 11 is 0. The molecule has 0 aromatic carbocycles. The van der Waals surface area contributed by atoms with Gasteiger partial charge in [-0.05, 0) is 25.2 Å². The molecule has 0 bridgehead atoms. The molecule has 0 spiro atoms. The Morgan fingerprint density at radius 1 is 1.42 bits per heavy atom. The Bertz CT molecular complexity index is 189. The van der Waals surface area contributed by atoms with Crippen molar-refractivity contribution in [3.63, 3.8) is 0 Å². The molecule has 1 aliphatic heterocycles. The zero-order valence-corrected chi connectivity index (χ0v) is 7.33. The van der Waals surface area contributed by atoms with Crippen molar-refractivity contribution < 1.29 is 4.79 Å². The average Bonchev–Trinajstić information content (AvgIpc) is 2.72. The average molecular weight is 168 g/mol. The SMILES string of the molecule is NC1CCN(C(=O)CC2CC2)C1. The van der Waals surface area contributed by atoms with E-state index in [2.05, 4.69) is 0 Å². The van der Waals surface area contributed by atoms with Gasteiger partial charge < -0.3 is 10.6 Å². The zero-order valence-electron chi connectivity index (χ0n) is 7.33. The number of nitrogens with two attached hydrogens (primary N) is 1. The molecule has 2 fully saturated rings. The predicted molar refractivity (Wildman–Crippen MR) is 46.5 cm³/mol. The van der Waals surface area contributed by atoms with Gasteiger partial charge in [-0.15, -0.1) is 0 Å². The van der Waals surface area contributed by atoms with Crippen LogP contribution in [0.2, 0.25) is 0 Å². The molecule has 0 aromatic rings. The third kappa shape index (κ3) is 1.78. The predicted octanol–water partition coefficient (Wildman–Crippen LogP) is 0.346. The second-order valence-corrected chi connectivity index (χ2v) is 4.04. The lowest BCUT2D eigenvalue weighted by molar-refractivity contribution is -0.130.